The Hall–Kier alpha value is -1.16. The first-order chi connectivity index (χ1) is 9.95. The summed E-state index contributed by atoms with van der Waals surface area (Å²) >= 11 is 12.3. The molecule has 112 valence electrons. The molecular weight excluding hydrogens is 310 g/mol. The van der Waals surface area contributed by atoms with Gasteiger partial charge in [-0.05, 0) is 42.3 Å². The lowest BCUT2D eigenvalue weighted by Crippen LogP contribution is -2.30. The van der Waals surface area contributed by atoms with E-state index < -0.39 is 0 Å². The summed E-state index contributed by atoms with van der Waals surface area (Å²) in [7, 11) is 0. The van der Waals surface area contributed by atoms with E-state index in [1.807, 2.05) is 6.07 Å². The highest BCUT2D eigenvalue weighted by Crippen LogP contribution is 2.26. The van der Waals surface area contributed by atoms with Crippen molar-refractivity contribution in [3.63, 3.8) is 0 Å². The van der Waals surface area contributed by atoms with Gasteiger partial charge in [0, 0.05) is 16.1 Å². The van der Waals surface area contributed by atoms with Gasteiger partial charge in [0.05, 0.1) is 17.9 Å². The molecule has 1 heterocycles. The molecule has 0 aliphatic heterocycles. The molecule has 0 amide bonds. The summed E-state index contributed by atoms with van der Waals surface area (Å²) in [5.41, 5.74) is 1.72. The lowest BCUT2D eigenvalue weighted by molar-refractivity contribution is 0.464. The highest BCUT2D eigenvalue weighted by Gasteiger charge is 2.16. The van der Waals surface area contributed by atoms with Crippen LogP contribution in [0.5, 0.6) is 0 Å². The minimum absolute atomic E-state index is 0.0541. The fourth-order valence-electron chi connectivity index (χ4n) is 2.16. The molecular formula is C16H17Cl2FN2. The van der Waals surface area contributed by atoms with E-state index in [0.717, 1.165) is 11.3 Å². The molecule has 0 saturated heterocycles. The molecule has 0 aliphatic rings. The third-order valence-corrected chi connectivity index (χ3v) is 3.68. The first-order valence-electron chi connectivity index (χ1n) is 6.77. The van der Waals surface area contributed by atoms with Crippen LogP contribution in [0.1, 0.15) is 31.1 Å². The van der Waals surface area contributed by atoms with Crippen LogP contribution in [-0.4, -0.2) is 11.0 Å². The fourth-order valence-corrected chi connectivity index (χ4v) is 2.55. The number of benzene rings is 1. The van der Waals surface area contributed by atoms with E-state index in [1.165, 1.54) is 12.3 Å². The zero-order chi connectivity index (χ0) is 15.4. The summed E-state index contributed by atoms with van der Waals surface area (Å²) in [5, 5.41) is 4.73. The van der Waals surface area contributed by atoms with E-state index in [-0.39, 0.29) is 17.9 Å². The van der Waals surface area contributed by atoms with E-state index >= 15 is 0 Å². The normalized spacial score (nSPS) is 12.7. The Bertz CT molecular complexity index is 600. The van der Waals surface area contributed by atoms with Crippen LogP contribution in [0.3, 0.4) is 0 Å². The van der Waals surface area contributed by atoms with Crippen molar-refractivity contribution in [2.75, 3.05) is 0 Å². The highest BCUT2D eigenvalue weighted by atomic mass is 35.5. The van der Waals surface area contributed by atoms with E-state index in [9.17, 15) is 4.39 Å². The van der Waals surface area contributed by atoms with Crippen LogP contribution < -0.4 is 5.32 Å². The van der Waals surface area contributed by atoms with Crippen LogP contribution in [0.15, 0.2) is 36.5 Å². The quantitative estimate of drug-likeness (QED) is 0.852. The third-order valence-electron chi connectivity index (χ3n) is 3.07. The summed E-state index contributed by atoms with van der Waals surface area (Å²) in [6, 6.07) is 8.70. The van der Waals surface area contributed by atoms with Gasteiger partial charge >= 0.3 is 0 Å². The maximum absolute atomic E-state index is 13.0. The van der Waals surface area contributed by atoms with Gasteiger partial charge < -0.3 is 5.32 Å². The highest BCUT2D eigenvalue weighted by molar-refractivity contribution is 6.33. The minimum atomic E-state index is -0.345. The second kappa shape index (κ2) is 7.21. The predicted octanol–water partition coefficient (Wildman–Crippen LogP) is 4.81. The molecule has 21 heavy (non-hydrogen) atoms. The topological polar surface area (TPSA) is 24.9 Å². The van der Waals surface area contributed by atoms with Crippen molar-refractivity contribution in [1.82, 2.24) is 10.3 Å². The number of halogens is 3. The van der Waals surface area contributed by atoms with Crippen molar-refractivity contribution in [2.24, 2.45) is 0 Å². The summed E-state index contributed by atoms with van der Waals surface area (Å²) in [6.45, 7) is 4.10. The van der Waals surface area contributed by atoms with Gasteiger partial charge in [-0.2, -0.15) is 0 Å². The molecule has 1 N–H and O–H groups in total. The van der Waals surface area contributed by atoms with Gasteiger partial charge in [-0.1, -0.05) is 37.0 Å². The summed E-state index contributed by atoms with van der Waals surface area (Å²) in [5.74, 6) is -0.345. The lowest BCUT2D eigenvalue weighted by atomic mass is 10.0. The molecule has 2 nitrogen and oxygen atoms in total. The van der Waals surface area contributed by atoms with Gasteiger partial charge in [0.25, 0.3) is 0 Å². The first-order valence-corrected chi connectivity index (χ1v) is 7.52. The van der Waals surface area contributed by atoms with Crippen LogP contribution in [0.2, 0.25) is 10.0 Å². The summed E-state index contributed by atoms with van der Waals surface area (Å²) in [6.07, 6.45) is 1.86. The van der Waals surface area contributed by atoms with E-state index in [4.69, 9.17) is 23.2 Å². The molecule has 1 aromatic heterocycles. The molecule has 0 saturated carbocycles. The fraction of sp³-hybridized carbons (Fsp3) is 0.312. The Morgan fingerprint density at radius 2 is 1.95 bits per heavy atom. The number of nitrogens with zero attached hydrogens (tertiary/aromatic N) is 1. The van der Waals surface area contributed by atoms with Gasteiger partial charge in [0.1, 0.15) is 5.82 Å². The molecule has 0 spiro atoms. The van der Waals surface area contributed by atoms with Gasteiger partial charge in [-0.3, -0.25) is 4.98 Å². The van der Waals surface area contributed by atoms with Crippen LogP contribution in [-0.2, 0) is 6.42 Å². The molecule has 0 bridgehead atoms. The molecule has 1 unspecified atom stereocenters. The lowest BCUT2D eigenvalue weighted by Gasteiger charge is -2.21. The third kappa shape index (κ3) is 4.67. The predicted molar refractivity (Wildman–Crippen MR) is 85.4 cm³/mol. The Balaban J connectivity index is 2.28. The van der Waals surface area contributed by atoms with Crippen LogP contribution in [0.25, 0.3) is 0 Å². The molecule has 1 atom stereocenters. The number of rotatable bonds is 5. The monoisotopic (exact) mass is 326 g/mol. The smallest absolute Gasteiger partial charge is 0.141 e. The van der Waals surface area contributed by atoms with E-state index in [2.05, 4.69) is 24.1 Å². The van der Waals surface area contributed by atoms with Crippen molar-refractivity contribution in [1.29, 1.82) is 0 Å². The zero-order valence-electron chi connectivity index (χ0n) is 11.9. The second-order valence-electron chi connectivity index (χ2n) is 5.22. The Morgan fingerprint density at radius 1 is 1.19 bits per heavy atom. The van der Waals surface area contributed by atoms with Gasteiger partial charge in [-0.25, -0.2) is 4.39 Å². The molecule has 0 aliphatic carbocycles. The molecule has 1 aromatic carbocycles. The second-order valence-corrected chi connectivity index (χ2v) is 6.06. The molecule has 0 radical (unpaired) electrons. The molecule has 2 aromatic rings. The Kier molecular flexibility index (Phi) is 5.57. The van der Waals surface area contributed by atoms with Crippen LogP contribution in [0.4, 0.5) is 4.39 Å². The average molecular weight is 327 g/mol. The summed E-state index contributed by atoms with van der Waals surface area (Å²) in [4.78, 5) is 4.17. The van der Waals surface area contributed by atoms with Crippen molar-refractivity contribution in [3.8, 4) is 0 Å². The molecule has 0 fully saturated rings. The largest absolute Gasteiger partial charge is 0.306 e. The molecule has 2 rings (SSSR count). The van der Waals surface area contributed by atoms with Gasteiger partial charge in [0.2, 0.25) is 0 Å². The number of nitrogens with one attached hydrogen (secondary N) is 1. The van der Waals surface area contributed by atoms with Crippen molar-refractivity contribution in [2.45, 2.75) is 32.4 Å². The summed E-state index contributed by atoms with van der Waals surface area (Å²) < 4.78 is 13.0. The van der Waals surface area contributed by atoms with Crippen molar-refractivity contribution < 1.29 is 4.39 Å². The van der Waals surface area contributed by atoms with Crippen LogP contribution >= 0.6 is 23.2 Å². The maximum atomic E-state index is 13.0. The first kappa shape index (κ1) is 16.2. The minimum Gasteiger partial charge on any atom is -0.306 e. The van der Waals surface area contributed by atoms with E-state index in [0.29, 0.717) is 16.5 Å². The Labute approximate surface area is 134 Å². The van der Waals surface area contributed by atoms with Crippen LogP contribution in [0, 0.1) is 5.82 Å². The molecule has 5 heteroatoms. The number of hydrogen-bond donors (Lipinski definition) is 1. The SMILES string of the molecule is CC(C)NC(Cc1cc(Cl)ccc1Cl)c1ccc(F)cn1. The Morgan fingerprint density at radius 3 is 2.57 bits per heavy atom. The van der Waals surface area contributed by atoms with Crippen molar-refractivity contribution in [3.05, 3.63) is 63.6 Å². The number of pyridine rings is 1. The number of hydrogen-bond acceptors (Lipinski definition) is 2. The number of aromatic nitrogens is 1. The van der Waals surface area contributed by atoms with E-state index in [1.54, 1.807) is 18.2 Å². The zero-order valence-corrected chi connectivity index (χ0v) is 13.4. The van der Waals surface area contributed by atoms with Gasteiger partial charge in [0.15, 0.2) is 0 Å². The standard InChI is InChI=1S/C16H17Cl2FN2/c1-10(2)21-16(15-6-4-13(19)9-20-15)8-11-7-12(17)3-5-14(11)18/h3-7,9-10,16,21H,8H2,1-2H3. The van der Waals surface area contributed by atoms with Crippen molar-refractivity contribution >= 4 is 23.2 Å². The maximum Gasteiger partial charge on any atom is 0.141 e. The average Bonchev–Trinajstić information content (AvgIpc) is 2.42. The van der Waals surface area contributed by atoms with Gasteiger partial charge in [-0.15, -0.1) is 0 Å².